The molecule has 0 spiro atoms. The average Bonchev–Trinajstić information content (AvgIpc) is 3.27. The third-order valence-electron chi connectivity index (χ3n) is 4.48. The van der Waals surface area contributed by atoms with Crippen molar-refractivity contribution < 1.29 is 19.1 Å². The molecule has 0 saturated carbocycles. The van der Waals surface area contributed by atoms with Crippen LogP contribution in [0.4, 0.5) is 0 Å². The first-order chi connectivity index (χ1) is 12.7. The second-order valence-corrected chi connectivity index (χ2v) is 5.89. The van der Waals surface area contributed by atoms with E-state index in [2.05, 4.69) is 9.97 Å². The van der Waals surface area contributed by atoms with Gasteiger partial charge in [-0.25, -0.2) is 9.59 Å². The van der Waals surface area contributed by atoms with Gasteiger partial charge in [-0.2, -0.15) is 0 Å². The third kappa shape index (κ3) is 2.26. The van der Waals surface area contributed by atoms with Crippen molar-refractivity contribution in [3.8, 4) is 0 Å². The molecule has 0 aliphatic rings. The van der Waals surface area contributed by atoms with Gasteiger partial charge in [-0.1, -0.05) is 24.3 Å². The van der Waals surface area contributed by atoms with Crippen molar-refractivity contribution in [3.63, 3.8) is 0 Å². The lowest BCUT2D eigenvalue weighted by atomic mass is 9.97. The minimum atomic E-state index is -0.419. The van der Waals surface area contributed by atoms with E-state index in [1.54, 1.807) is 26.2 Å². The normalized spacial score (nSPS) is 11.3. The molecule has 0 amide bonds. The summed E-state index contributed by atoms with van der Waals surface area (Å²) in [4.78, 5) is 30.9. The lowest BCUT2D eigenvalue weighted by Crippen LogP contribution is -2.06. The van der Waals surface area contributed by atoms with Crippen molar-refractivity contribution in [2.75, 3.05) is 13.2 Å². The smallest absolute Gasteiger partial charge is 0.355 e. The van der Waals surface area contributed by atoms with E-state index >= 15 is 0 Å². The molecule has 2 aromatic carbocycles. The van der Waals surface area contributed by atoms with E-state index in [0.717, 1.165) is 32.3 Å². The highest BCUT2D eigenvalue weighted by Gasteiger charge is 2.23. The van der Waals surface area contributed by atoms with Crippen LogP contribution in [-0.2, 0) is 9.47 Å². The Morgan fingerprint density at radius 2 is 1.27 bits per heavy atom. The monoisotopic (exact) mass is 350 g/mol. The minimum absolute atomic E-state index is 0.289. The third-order valence-corrected chi connectivity index (χ3v) is 4.48. The van der Waals surface area contributed by atoms with Gasteiger partial charge < -0.3 is 19.4 Å². The van der Waals surface area contributed by atoms with Gasteiger partial charge in [-0.3, -0.25) is 0 Å². The molecule has 0 aliphatic carbocycles. The van der Waals surface area contributed by atoms with Gasteiger partial charge >= 0.3 is 11.9 Å². The molecule has 2 heterocycles. The SMILES string of the molecule is CCOC(=O)c1[nH]cc2c1c1ccccc1c1c[nH]c(C(=O)OCC)c12. The zero-order valence-electron chi connectivity index (χ0n) is 14.5. The average molecular weight is 350 g/mol. The number of H-pyrrole nitrogens is 2. The number of carbonyl (C=O) groups is 2. The summed E-state index contributed by atoms with van der Waals surface area (Å²) < 4.78 is 10.4. The fraction of sp³-hybridized carbons (Fsp3) is 0.200. The Bertz CT molecular complexity index is 1150. The van der Waals surface area contributed by atoms with E-state index in [9.17, 15) is 9.59 Å². The first-order valence-corrected chi connectivity index (χ1v) is 8.54. The van der Waals surface area contributed by atoms with Crippen LogP contribution in [0.25, 0.3) is 32.3 Å². The molecule has 0 bridgehead atoms. The highest BCUT2D eigenvalue weighted by Crippen LogP contribution is 2.38. The summed E-state index contributed by atoms with van der Waals surface area (Å²) in [5.41, 5.74) is 0.767. The molecular formula is C20H18N2O4. The molecule has 26 heavy (non-hydrogen) atoms. The van der Waals surface area contributed by atoms with Gasteiger partial charge in [0, 0.05) is 33.9 Å². The molecule has 132 valence electrons. The van der Waals surface area contributed by atoms with Crippen molar-refractivity contribution >= 4 is 44.3 Å². The van der Waals surface area contributed by atoms with E-state index in [-0.39, 0.29) is 13.2 Å². The molecule has 0 fully saturated rings. The summed E-state index contributed by atoms with van der Waals surface area (Å²) in [6.07, 6.45) is 3.55. The van der Waals surface area contributed by atoms with Crippen LogP contribution in [0.2, 0.25) is 0 Å². The zero-order chi connectivity index (χ0) is 18.3. The van der Waals surface area contributed by atoms with Crippen LogP contribution in [-0.4, -0.2) is 35.1 Å². The molecule has 6 heteroatoms. The van der Waals surface area contributed by atoms with E-state index in [1.807, 2.05) is 24.3 Å². The van der Waals surface area contributed by atoms with Gasteiger partial charge in [0.05, 0.1) is 13.2 Å². The molecule has 2 N–H and O–H groups in total. The number of esters is 2. The van der Waals surface area contributed by atoms with Crippen LogP contribution in [0, 0.1) is 0 Å². The Hall–Kier alpha value is -3.28. The summed E-state index contributed by atoms with van der Waals surface area (Å²) in [5, 5.41) is 5.05. The molecular weight excluding hydrogens is 332 g/mol. The molecule has 0 aliphatic heterocycles. The van der Waals surface area contributed by atoms with Gasteiger partial charge in [0.1, 0.15) is 11.4 Å². The molecule has 6 nitrogen and oxygen atoms in total. The minimum Gasteiger partial charge on any atom is -0.461 e. The zero-order valence-corrected chi connectivity index (χ0v) is 14.5. The topological polar surface area (TPSA) is 84.2 Å². The lowest BCUT2D eigenvalue weighted by molar-refractivity contribution is 0.0513. The van der Waals surface area contributed by atoms with Crippen LogP contribution < -0.4 is 0 Å². The van der Waals surface area contributed by atoms with Gasteiger partial charge in [-0.05, 0) is 24.6 Å². The van der Waals surface area contributed by atoms with Gasteiger partial charge in [0.2, 0.25) is 0 Å². The number of nitrogens with one attached hydrogen (secondary N) is 2. The quantitative estimate of drug-likeness (QED) is 0.541. The Labute approximate surface area is 149 Å². The standard InChI is InChI=1S/C20H18N2O4/c1-3-25-19(23)17-15-12-8-6-5-7-11(12)13-9-21-18(20(24)26-4-2)16(13)14(15)10-22-17/h5-10,21-22H,3-4H2,1-2H3. The predicted octanol–water partition coefficient (Wildman–Crippen LogP) is 4.16. The van der Waals surface area contributed by atoms with Crippen LogP contribution >= 0.6 is 0 Å². The number of fused-ring (bicyclic) bond motifs is 6. The fourth-order valence-corrected chi connectivity index (χ4v) is 3.48. The number of hydrogen-bond acceptors (Lipinski definition) is 4. The summed E-state index contributed by atoms with van der Waals surface area (Å²) in [7, 11) is 0. The van der Waals surface area contributed by atoms with E-state index in [0.29, 0.717) is 11.4 Å². The van der Waals surface area contributed by atoms with Crippen LogP contribution in [0.1, 0.15) is 34.8 Å². The maximum atomic E-state index is 12.4. The number of aromatic amines is 2. The summed E-state index contributed by atoms with van der Waals surface area (Å²) >= 11 is 0. The number of benzene rings is 2. The summed E-state index contributed by atoms with van der Waals surface area (Å²) in [5.74, 6) is -0.835. The predicted molar refractivity (Wildman–Crippen MR) is 99.6 cm³/mol. The lowest BCUT2D eigenvalue weighted by Gasteiger charge is -2.07. The van der Waals surface area contributed by atoms with Crippen LogP contribution in [0.5, 0.6) is 0 Å². The Kier molecular flexibility index (Phi) is 3.88. The maximum Gasteiger partial charge on any atom is 0.355 e. The molecule has 0 saturated heterocycles. The number of carbonyl (C=O) groups excluding carboxylic acids is 2. The highest BCUT2D eigenvalue weighted by atomic mass is 16.5. The number of hydrogen-bond donors (Lipinski definition) is 2. The molecule has 0 unspecified atom stereocenters. The van der Waals surface area contributed by atoms with Crippen LogP contribution in [0.15, 0.2) is 36.7 Å². The fourth-order valence-electron chi connectivity index (χ4n) is 3.48. The number of aromatic nitrogens is 2. The molecule has 0 atom stereocenters. The summed E-state index contributed by atoms with van der Waals surface area (Å²) in [6.45, 7) is 4.11. The van der Waals surface area contributed by atoms with Gasteiger partial charge in [-0.15, -0.1) is 0 Å². The first-order valence-electron chi connectivity index (χ1n) is 8.54. The molecule has 4 rings (SSSR count). The number of rotatable bonds is 4. The Balaban J connectivity index is 2.14. The Morgan fingerprint density at radius 3 is 1.85 bits per heavy atom. The Morgan fingerprint density at radius 1 is 0.769 bits per heavy atom. The van der Waals surface area contributed by atoms with Crippen LogP contribution in [0.3, 0.4) is 0 Å². The maximum absolute atomic E-state index is 12.4. The largest absolute Gasteiger partial charge is 0.461 e. The second kappa shape index (κ2) is 6.22. The van der Waals surface area contributed by atoms with Crippen molar-refractivity contribution in [1.29, 1.82) is 0 Å². The number of ether oxygens (including phenoxy) is 2. The van der Waals surface area contributed by atoms with Crippen molar-refractivity contribution in [2.45, 2.75) is 13.8 Å². The van der Waals surface area contributed by atoms with Crippen molar-refractivity contribution in [2.24, 2.45) is 0 Å². The van der Waals surface area contributed by atoms with Crippen molar-refractivity contribution in [3.05, 3.63) is 48.0 Å². The van der Waals surface area contributed by atoms with E-state index in [1.165, 1.54) is 0 Å². The van der Waals surface area contributed by atoms with E-state index < -0.39 is 11.9 Å². The van der Waals surface area contributed by atoms with Crippen molar-refractivity contribution in [1.82, 2.24) is 9.97 Å². The molecule has 2 aromatic heterocycles. The first kappa shape index (κ1) is 16.2. The molecule has 0 radical (unpaired) electrons. The molecule has 4 aromatic rings. The summed E-state index contributed by atoms with van der Waals surface area (Å²) in [6, 6.07) is 7.79. The van der Waals surface area contributed by atoms with Gasteiger partial charge in [0.25, 0.3) is 0 Å². The highest BCUT2D eigenvalue weighted by molar-refractivity contribution is 6.31. The van der Waals surface area contributed by atoms with E-state index in [4.69, 9.17) is 9.47 Å². The second-order valence-electron chi connectivity index (χ2n) is 5.89. The van der Waals surface area contributed by atoms with Gasteiger partial charge in [0.15, 0.2) is 0 Å².